The molecule has 0 saturated heterocycles. The van der Waals surface area contributed by atoms with E-state index in [1.165, 1.54) is 5.56 Å². The van der Waals surface area contributed by atoms with E-state index in [0.29, 0.717) is 41.0 Å². The Bertz CT molecular complexity index is 1550. The molecule has 6 nitrogen and oxygen atoms in total. The van der Waals surface area contributed by atoms with E-state index in [1.54, 1.807) is 19.1 Å². The van der Waals surface area contributed by atoms with E-state index in [9.17, 15) is 9.59 Å². The largest absolute Gasteiger partial charge is 0.493 e. The van der Waals surface area contributed by atoms with Crippen molar-refractivity contribution < 1.29 is 18.7 Å². The summed E-state index contributed by atoms with van der Waals surface area (Å²) >= 11 is 0. The average Bonchev–Trinajstić information content (AvgIpc) is 3.19. The monoisotopic (exact) mass is 497 g/mol. The molecule has 0 aliphatic carbocycles. The summed E-state index contributed by atoms with van der Waals surface area (Å²) in [6.07, 6.45) is 1.49. The van der Waals surface area contributed by atoms with Crippen LogP contribution in [0, 0.1) is 13.8 Å². The van der Waals surface area contributed by atoms with Crippen LogP contribution < -0.4 is 14.9 Å². The lowest BCUT2D eigenvalue weighted by molar-refractivity contribution is 0.0730. The lowest BCUT2D eigenvalue weighted by atomic mass is 9.96. The highest BCUT2D eigenvalue weighted by atomic mass is 16.5. The van der Waals surface area contributed by atoms with Crippen molar-refractivity contribution in [2.75, 3.05) is 20.8 Å². The standard InChI is InChI=1S/C31H31NO5/c1-6-20-7-10-22(11-8-20)27-26-28(33)23-16-18(2)15-19(3)29(23)37-30(26)31(34)32(27)14-13-21-9-12-24(35-4)25(17-21)36-5/h7-12,15-17,27H,6,13-14H2,1-5H3/t27-/m0/s1. The summed E-state index contributed by atoms with van der Waals surface area (Å²) < 4.78 is 17.0. The molecule has 0 spiro atoms. The summed E-state index contributed by atoms with van der Waals surface area (Å²) in [6, 6.07) is 17.2. The van der Waals surface area contributed by atoms with Crippen LogP contribution in [0.5, 0.6) is 11.5 Å². The van der Waals surface area contributed by atoms with Gasteiger partial charge in [0.05, 0.1) is 31.2 Å². The molecule has 1 amide bonds. The number of hydrogen-bond donors (Lipinski definition) is 0. The fraction of sp³-hybridized carbons (Fsp3) is 0.290. The Morgan fingerprint density at radius 3 is 2.27 bits per heavy atom. The van der Waals surface area contributed by atoms with Gasteiger partial charge in [0.2, 0.25) is 5.76 Å². The molecular weight excluding hydrogens is 466 g/mol. The molecule has 190 valence electrons. The third-order valence-corrected chi connectivity index (χ3v) is 7.19. The third-order valence-electron chi connectivity index (χ3n) is 7.19. The SMILES string of the molecule is CCc1ccc([C@H]2c3c(oc4c(C)cc(C)cc4c3=O)C(=O)N2CCc2ccc(OC)c(OC)c2)cc1. The summed E-state index contributed by atoms with van der Waals surface area (Å²) in [5, 5.41) is 0.515. The first-order chi connectivity index (χ1) is 17.9. The number of nitrogens with zero attached hydrogens (tertiary/aromatic N) is 1. The van der Waals surface area contributed by atoms with Crippen LogP contribution in [0.15, 0.2) is 63.8 Å². The molecule has 0 bridgehead atoms. The number of fused-ring (bicyclic) bond motifs is 2. The number of benzene rings is 3. The lowest BCUT2D eigenvalue weighted by Crippen LogP contribution is -2.31. The normalized spacial score (nSPS) is 14.8. The number of hydrogen-bond acceptors (Lipinski definition) is 5. The predicted octanol–water partition coefficient (Wildman–Crippen LogP) is 5.78. The molecule has 2 heterocycles. The molecule has 3 aromatic carbocycles. The molecule has 6 heteroatoms. The Morgan fingerprint density at radius 1 is 0.892 bits per heavy atom. The minimum absolute atomic E-state index is 0.140. The van der Waals surface area contributed by atoms with Crippen molar-refractivity contribution in [3.63, 3.8) is 0 Å². The van der Waals surface area contributed by atoms with Crippen LogP contribution >= 0.6 is 0 Å². The molecule has 5 rings (SSSR count). The van der Waals surface area contributed by atoms with Gasteiger partial charge in [0.15, 0.2) is 16.9 Å². The molecule has 1 aliphatic heterocycles. The highest BCUT2D eigenvalue weighted by molar-refractivity contribution is 5.99. The summed E-state index contributed by atoms with van der Waals surface area (Å²) in [5.41, 5.74) is 5.66. The molecule has 37 heavy (non-hydrogen) atoms. The number of carbonyl (C=O) groups excluding carboxylic acids is 1. The van der Waals surface area contributed by atoms with Crippen LogP contribution in [0.25, 0.3) is 11.0 Å². The van der Waals surface area contributed by atoms with Gasteiger partial charge in [0, 0.05) is 6.54 Å². The van der Waals surface area contributed by atoms with Crippen LogP contribution in [-0.2, 0) is 12.8 Å². The van der Waals surface area contributed by atoms with E-state index in [0.717, 1.165) is 28.7 Å². The molecule has 4 aromatic rings. The molecule has 0 fully saturated rings. The van der Waals surface area contributed by atoms with Crippen LogP contribution in [0.2, 0.25) is 0 Å². The Hall–Kier alpha value is -4.06. The van der Waals surface area contributed by atoms with E-state index in [1.807, 2.05) is 56.3 Å². The van der Waals surface area contributed by atoms with E-state index >= 15 is 0 Å². The second kappa shape index (κ2) is 9.77. The first-order valence-corrected chi connectivity index (χ1v) is 12.5. The summed E-state index contributed by atoms with van der Waals surface area (Å²) in [5.74, 6) is 1.16. The van der Waals surface area contributed by atoms with Crippen LogP contribution in [-0.4, -0.2) is 31.6 Å². The summed E-state index contributed by atoms with van der Waals surface area (Å²) in [4.78, 5) is 29.4. The fourth-order valence-corrected chi connectivity index (χ4v) is 5.27. The van der Waals surface area contributed by atoms with E-state index in [4.69, 9.17) is 13.9 Å². The van der Waals surface area contributed by atoms with Gasteiger partial charge in [-0.1, -0.05) is 43.3 Å². The lowest BCUT2D eigenvalue weighted by Gasteiger charge is -2.25. The Kier molecular flexibility index (Phi) is 6.50. The Morgan fingerprint density at radius 2 is 1.59 bits per heavy atom. The fourth-order valence-electron chi connectivity index (χ4n) is 5.27. The van der Waals surface area contributed by atoms with Crippen molar-refractivity contribution in [3.8, 4) is 11.5 Å². The van der Waals surface area contributed by atoms with Gasteiger partial charge in [-0.2, -0.15) is 0 Å². The predicted molar refractivity (Wildman–Crippen MR) is 144 cm³/mol. The van der Waals surface area contributed by atoms with Gasteiger partial charge in [-0.05, 0) is 72.7 Å². The van der Waals surface area contributed by atoms with Crippen molar-refractivity contribution in [3.05, 3.63) is 104 Å². The van der Waals surface area contributed by atoms with Crippen molar-refractivity contribution in [1.29, 1.82) is 0 Å². The van der Waals surface area contributed by atoms with Gasteiger partial charge in [0.1, 0.15) is 5.58 Å². The highest BCUT2D eigenvalue weighted by Gasteiger charge is 2.42. The number of methoxy groups -OCH3 is 2. The molecule has 0 radical (unpaired) electrons. The number of rotatable bonds is 7. The maximum atomic E-state index is 13.9. The molecule has 0 N–H and O–H groups in total. The maximum absolute atomic E-state index is 13.9. The van der Waals surface area contributed by atoms with E-state index in [-0.39, 0.29) is 17.1 Å². The van der Waals surface area contributed by atoms with Crippen LogP contribution in [0.1, 0.15) is 56.9 Å². The number of ether oxygens (including phenoxy) is 2. The van der Waals surface area contributed by atoms with Gasteiger partial charge in [-0.25, -0.2) is 0 Å². The maximum Gasteiger partial charge on any atom is 0.290 e. The minimum Gasteiger partial charge on any atom is -0.493 e. The second-order valence-electron chi connectivity index (χ2n) is 9.57. The molecule has 1 aromatic heterocycles. The summed E-state index contributed by atoms with van der Waals surface area (Å²) in [6.45, 7) is 6.37. The quantitative estimate of drug-likeness (QED) is 0.324. The molecule has 0 unspecified atom stereocenters. The van der Waals surface area contributed by atoms with Crippen molar-refractivity contribution in [1.82, 2.24) is 4.90 Å². The van der Waals surface area contributed by atoms with E-state index < -0.39 is 6.04 Å². The zero-order valence-corrected chi connectivity index (χ0v) is 21.9. The number of carbonyl (C=O) groups is 1. The van der Waals surface area contributed by atoms with Gasteiger partial charge >= 0.3 is 0 Å². The molecule has 0 saturated carbocycles. The molecule has 1 aliphatic rings. The Balaban J connectivity index is 1.61. The van der Waals surface area contributed by atoms with Crippen molar-refractivity contribution in [2.45, 2.75) is 39.7 Å². The third kappa shape index (κ3) is 4.26. The van der Waals surface area contributed by atoms with Gasteiger partial charge in [0.25, 0.3) is 5.91 Å². The van der Waals surface area contributed by atoms with Crippen molar-refractivity contribution >= 4 is 16.9 Å². The van der Waals surface area contributed by atoms with Gasteiger partial charge < -0.3 is 18.8 Å². The van der Waals surface area contributed by atoms with Gasteiger partial charge in [-0.3, -0.25) is 9.59 Å². The summed E-state index contributed by atoms with van der Waals surface area (Å²) in [7, 11) is 3.20. The van der Waals surface area contributed by atoms with Gasteiger partial charge in [-0.15, -0.1) is 0 Å². The zero-order chi connectivity index (χ0) is 26.3. The second-order valence-corrected chi connectivity index (χ2v) is 9.57. The average molecular weight is 498 g/mol. The highest BCUT2D eigenvalue weighted by Crippen LogP contribution is 2.39. The first kappa shape index (κ1) is 24.6. The minimum atomic E-state index is -0.519. The Labute approximate surface area is 216 Å². The first-order valence-electron chi connectivity index (χ1n) is 12.5. The van der Waals surface area contributed by atoms with Crippen LogP contribution in [0.4, 0.5) is 0 Å². The topological polar surface area (TPSA) is 69.0 Å². The number of amides is 1. The number of aryl methyl sites for hydroxylation is 3. The van der Waals surface area contributed by atoms with E-state index in [2.05, 4.69) is 19.1 Å². The molecule has 1 atom stereocenters. The zero-order valence-electron chi connectivity index (χ0n) is 21.9. The smallest absolute Gasteiger partial charge is 0.290 e. The van der Waals surface area contributed by atoms with Crippen molar-refractivity contribution in [2.24, 2.45) is 0 Å². The molecular formula is C31H31NO5. The van der Waals surface area contributed by atoms with Crippen LogP contribution in [0.3, 0.4) is 0 Å².